The highest BCUT2D eigenvalue weighted by molar-refractivity contribution is 7.89. The zero-order chi connectivity index (χ0) is 19.3. The average Bonchev–Trinajstić information content (AvgIpc) is 2.67. The molecular formula is C22H22FNO2S. The van der Waals surface area contributed by atoms with E-state index in [1.807, 2.05) is 37.3 Å². The number of halogens is 1. The molecule has 0 heterocycles. The Hall–Kier alpha value is -2.50. The van der Waals surface area contributed by atoms with Crippen LogP contribution < -0.4 is 4.72 Å². The van der Waals surface area contributed by atoms with Crippen LogP contribution in [0.3, 0.4) is 0 Å². The molecular weight excluding hydrogens is 361 g/mol. The van der Waals surface area contributed by atoms with Gasteiger partial charge in [-0.15, -0.1) is 0 Å². The van der Waals surface area contributed by atoms with Crippen LogP contribution in [-0.2, 0) is 16.4 Å². The quantitative estimate of drug-likeness (QED) is 0.638. The lowest BCUT2D eigenvalue weighted by atomic mass is 10.00. The molecule has 3 aromatic carbocycles. The molecule has 3 aromatic rings. The van der Waals surface area contributed by atoms with Crippen LogP contribution in [0, 0.1) is 12.7 Å². The number of aryl methyl sites for hydroxylation is 2. The molecule has 5 heteroatoms. The number of rotatable bonds is 7. The maximum atomic E-state index is 13.3. The average molecular weight is 383 g/mol. The highest BCUT2D eigenvalue weighted by atomic mass is 32.2. The molecule has 0 bridgehead atoms. The number of hydrogen-bond acceptors (Lipinski definition) is 2. The number of hydrogen-bond donors (Lipinski definition) is 1. The molecule has 0 spiro atoms. The fraction of sp³-hybridized carbons (Fsp3) is 0.182. The second kappa shape index (κ2) is 8.46. The van der Waals surface area contributed by atoms with Crippen molar-refractivity contribution in [2.75, 3.05) is 0 Å². The Balaban J connectivity index is 1.84. The molecule has 0 aromatic heterocycles. The lowest BCUT2D eigenvalue weighted by molar-refractivity contribution is 0.538. The maximum Gasteiger partial charge on any atom is 0.241 e. The first-order valence-electron chi connectivity index (χ1n) is 8.82. The highest BCUT2D eigenvalue weighted by Crippen LogP contribution is 2.23. The van der Waals surface area contributed by atoms with Crippen molar-refractivity contribution in [3.05, 3.63) is 101 Å². The van der Waals surface area contributed by atoms with Crippen LogP contribution in [0.4, 0.5) is 4.39 Å². The molecule has 0 aliphatic heterocycles. The summed E-state index contributed by atoms with van der Waals surface area (Å²) in [6, 6.07) is 22.1. The largest absolute Gasteiger partial charge is 0.241 e. The Morgan fingerprint density at radius 3 is 2.15 bits per heavy atom. The third-order valence-corrected chi connectivity index (χ3v) is 5.95. The molecule has 140 valence electrons. The van der Waals surface area contributed by atoms with Crippen molar-refractivity contribution >= 4 is 10.0 Å². The third kappa shape index (κ3) is 5.25. The smallest absolute Gasteiger partial charge is 0.207 e. The van der Waals surface area contributed by atoms with Gasteiger partial charge in [-0.25, -0.2) is 17.5 Å². The minimum atomic E-state index is -3.68. The van der Waals surface area contributed by atoms with Crippen molar-refractivity contribution in [1.29, 1.82) is 0 Å². The summed E-state index contributed by atoms with van der Waals surface area (Å²) in [6.07, 6.45) is 1.28. The SMILES string of the molecule is Cc1ccc(S(=O)(=O)NC(CCc2ccccc2)c2ccc(F)cc2)cc1. The van der Waals surface area contributed by atoms with Crippen LogP contribution in [-0.4, -0.2) is 8.42 Å². The van der Waals surface area contributed by atoms with Gasteiger partial charge in [0.05, 0.1) is 4.90 Å². The Kier molecular flexibility index (Phi) is 6.04. The molecule has 0 aliphatic carbocycles. The van der Waals surface area contributed by atoms with Crippen molar-refractivity contribution in [2.45, 2.75) is 30.7 Å². The summed E-state index contributed by atoms with van der Waals surface area (Å²) < 4.78 is 41.7. The zero-order valence-corrected chi connectivity index (χ0v) is 15.9. The van der Waals surface area contributed by atoms with Crippen LogP contribution in [0.5, 0.6) is 0 Å². The molecule has 0 saturated carbocycles. The van der Waals surface area contributed by atoms with E-state index >= 15 is 0 Å². The molecule has 0 fully saturated rings. The van der Waals surface area contributed by atoms with Gasteiger partial charge >= 0.3 is 0 Å². The first kappa shape index (κ1) is 19.3. The second-order valence-electron chi connectivity index (χ2n) is 6.56. The van der Waals surface area contributed by atoms with Gasteiger partial charge < -0.3 is 0 Å². The van der Waals surface area contributed by atoms with Crippen LogP contribution in [0.2, 0.25) is 0 Å². The molecule has 3 nitrogen and oxygen atoms in total. The highest BCUT2D eigenvalue weighted by Gasteiger charge is 2.21. The summed E-state index contributed by atoms with van der Waals surface area (Å²) in [7, 11) is -3.68. The van der Waals surface area contributed by atoms with Gasteiger partial charge in [0.1, 0.15) is 5.82 Å². The van der Waals surface area contributed by atoms with Crippen molar-refractivity contribution in [3.63, 3.8) is 0 Å². The van der Waals surface area contributed by atoms with Gasteiger partial charge in [-0.2, -0.15) is 0 Å². The van der Waals surface area contributed by atoms with E-state index in [1.54, 1.807) is 36.4 Å². The van der Waals surface area contributed by atoms with Crippen molar-refractivity contribution in [2.24, 2.45) is 0 Å². The predicted octanol–water partition coefficient (Wildman–Crippen LogP) is 4.79. The van der Waals surface area contributed by atoms with Gasteiger partial charge in [-0.3, -0.25) is 0 Å². The van der Waals surface area contributed by atoms with Crippen molar-refractivity contribution in [3.8, 4) is 0 Å². The molecule has 1 N–H and O–H groups in total. The molecule has 0 radical (unpaired) electrons. The Bertz CT molecular complexity index is 969. The Labute approximate surface area is 159 Å². The van der Waals surface area contributed by atoms with Crippen LogP contribution in [0.25, 0.3) is 0 Å². The van der Waals surface area contributed by atoms with E-state index < -0.39 is 16.1 Å². The summed E-state index contributed by atoms with van der Waals surface area (Å²) in [5, 5.41) is 0. The lowest BCUT2D eigenvalue weighted by Crippen LogP contribution is -2.29. The monoisotopic (exact) mass is 383 g/mol. The standard InChI is InChI=1S/C22H22FNO2S/c1-17-7-14-21(15-8-17)27(25,26)24-22(19-10-12-20(23)13-11-19)16-9-18-5-3-2-4-6-18/h2-8,10-15,22,24H,9,16H2,1H3. The summed E-state index contributed by atoms with van der Waals surface area (Å²) in [4.78, 5) is 0.222. The molecule has 1 atom stereocenters. The molecule has 0 aliphatic rings. The second-order valence-corrected chi connectivity index (χ2v) is 8.28. The minimum absolute atomic E-state index is 0.222. The van der Waals surface area contributed by atoms with Crippen LogP contribution in [0.1, 0.15) is 29.2 Å². The zero-order valence-electron chi connectivity index (χ0n) is 15.1. The fourth-order valence-corrected chi connectivity index (χ4v) is 4.18. The van der Waals surface area contributed by atoms with E-state index in [0.29, 0.717) is 12.8 Å². The first-order chi connectivity index (χ1) is 12.9. The molecule has 3 rings (SSSR count). The van der Waals surface area contributed by atoms with Gasteiger partial charge in [0, 0.05) is 6.04 Å². The maximum absolute atomic E-state index is 13.3. The van der Waals surface area contributed by atoms with Gasteiger partial charge in [-0.05, 0) is 55.2 Å². The predicted molar refractivity (Wildman–Crippen MR) is 105 cm³/mol. The molecule has 0 saturated heterocycles. The van der Waals surface area contributed by atoms with Gasteiger partial charge in [-0.1, -0.05) is 60.2 Å². The molecule has 27 heavy (non-hydrogen) atoms. The van der Waals surface area contributed by atoms with Gasteiger partial charge in [0.25, 0.3) is 0 Å². The van der Waals surface area contributed by atoms with E-state index in [0.717, 1.165) is 16.7 Å². The minimum Gasteiger partial charge on any atom is -0.207 e. The third-order valence-electron chi connectivity index (χ3n) is 4.47. The van der Waals surface area contributed by atoms with E-state index in [9.17, 15) is 12.8 Å². The van der Waals surface area contributed by atoms with Gasteiger partial charge in [0.2, 0.25) is 10.0 Å². The summed E-state index contributed by atoms with van der Waals surface area (Å²) in [6.45, 7) is 1.91. The van der Waals surface area contributed by atoms with E-state index in [1.165, 1.54) is 12.1 Å². The van der Waals surface area contributed by atoms with E-state index in [-0.39, 0.29) is 10.7 Å². The van der Waals surface area contributed by atoms with Crippen molar-refractivity contribution < 1.29 is 12.8 Å². The first-order valence-corrected chi connectivity index (χ1v) is 10.3. The fourth-order valence-electron chi connectivity index (χ4n) is 2.92. The Morgan fingerprint density at radius 2 is 1.52 bits per heavy atom. The van der Waals surface area contributed by atoms with E-state index in [4.69, 9.17) is 0 Å². The summed E-state index contributed by atoms with van der Waals surface area (Å²) in [5.74, 6) is -0.345. The molecule has 0 amide bonds. The van der Waals surface area contributed by atoms with Crippen molar-refractivity contribution in [1.82, 2.24) is 4.72 Å². The topological polar surface area (TPSA) is 46.2 Å². The summed E-state index contributed by atoms with van der Waals surface area (Å²) in [5.41, 5.74) is 2.86. The normalized spacial score (nSPS) is 12.7. The summed E-state index contributed by atoms with van der Waals surface area (Å²) >= 11 is 0. The lowest BCUT2D eigenvalue weighted by Gasteiger charge is -2.20. The van der Waals surface area contributed by atoms with Crippen LogP contribution in [0.15, 0.2) is 83.8 Å². The number of benzene rings is 3. The van der Waals surface area contributed by atoms with Crippen LogP contribution >= 0.6 is 0 Å². The number of sulfonamides is 1. The number of nitrogens with one attached hydrogen (secondary N) is 1. The van der Waals surface area contributed by atoms with Gasteiger partial charge in [0.15, 0.2) is 0 Å². The molecule has 1 unspecified atom stereocenters. The van der Waals surface area contributed by atoms with E-state index in [2.05, 4.69) is 4.72 Å². The Morgan fingerprint density at radius 1 is 0.889 bits per heavy atom.